The highest BCUT2D eigenvalue weighted by molar-refractivity contribution is 6.06. The summed E-state index contributed by atoms with van der Waals surface area (Å²) in [6.45, 7) is 5.77. The lowest BCUT2D eigenvalue weighted by Gasteiger charge is -2.31. The molecule has 0 radical (unpaired) electrons. The van der Waals surface area contributed by atoms with Gasteiger partial charge in [0.25, 0.3) is 11.6 Å². The predicted octanol–water partition coefficient (Wildman–Crippen LogP) is 3.28. The Bertz CT molecular complexity index is 733. The lowest BCUT2D eigenvalue weighted by atomic mass is 9.98. The van der Waals surface area contributed by atoms with Crippen LogP contribution in [-0.2, 0) is 0 Å². The van der Waals surface area contributed by atoms with E-state index >= 15 is 0 Å². The van der Waals surface area contributed by atoms with Crippen LogP contribution in [0.1, 0.15) is 60.3 Å². The minimum atomic E-state index is 0.104. The topological polar surface area (TPSA) is 59.2 Å². The van der Waals surface area contributed by atoms with Gasteiger partial charge in [-0.1, -0.05) is 12.1 Å². The number of pyridine rings is 1. The van der Waals surface area contributed by atoms with Gasteiger partial charge in [0.2, 0.25) is 0 Å². The summed E-state index contributed by atoms with van der Waals surface area (Å²) in [6.07, 6.45) is 4.59. The molecule has 2 aliphatic rings. The average Bonchev–Trinajstić information content (AvgIpc) is 3.30. The summed E-state index contributed by atoms with van der Waals surface area (Å²) in [4.78, 5) is 19.6. The lowest BCUT2D eigenvalue weighted by molar-refractivity contribution is 0.0685. The zero-order valence-corrected chi connectivity index (χ0v) is 13.1. The molecule has 1 atom stereocenters. The highest BCUT2D eigenvalue weighted by atomic mass is 16.5. The molecule has 1 unspecified atom stereocenters. The molecule has 2 fully saturated rings. The van der Waals surface area contributed by atoms with E-state index in [9.17, 15) is 4.79 Å². The molecule has 0 spiro atoms. The Hall–Kier alpha value is -1.91. The van der Waals surface area contributed by atoms with Gasteiger partial charge in [0.1, 0.15) is 0 Å². The van der Waals surface area contributed by atoms with Crippen LogP contribution in [0.25, 0.3) is 11.1 Å². The summed E-state index contributed by atoms with van der Waals surface area (Å²) in [5, 5.41) is 4.80. The Kier molecular flexibility index (Phi) is 3.17. The molecule has 0 N–H and O–H groups in total. The maximum absolute atomic E-state index is 13.0. The van der Waals surface area contributed by atoms with Crippen LogP contribution in [0.3, 0.4) is 0 Å². The van der Waals surface area contributed by atoms with Crippen molar-refractivity contribution >= 4 is 17.0 Å². The number of likely N-dealkylation sites (tertiary alicyclic amines) is 1. The molecule has 116 valence electrons. The Morgan fingerprint density at radius 1 is 1.36 bits per heavy atom. The smallest absolute Gasteiger partial charge is 0.259 e. The molecule has 2 aromatic rings. The zero-order valence-electron chi connectivity index (χ0n) is 13.1. The number of rotatable bonds is 2. The second-order valence-electron chi connectivity index (χ2n) is 6.82. The maximum atomic E-state index is 13.0. The molecule has 3 heterocycles. The fourth-order valence-electron chi connectivity index (χ4n) is 3.41. The van der Waals surface area contributed by atoms with E-state index in [-0.39, 0.29) is 5.91 Å². The fourth-order valence-corrected chi connectivity index (χ4v) is 3.41. The van der Waals surface area contributed by atoms with E-state index in [1.807, 2.05) is 17.9 Å². The van der Waals surface area contributed by atoms with Gasteiger partial charge in [0, 0.05) is 24.7 Å². The summed E-state index contributed by atoms with van der Waals surface area (Å²) >= 11 is 0. The SMILES string of the molecule is Cc1noc2nc(C3CC3)cc(C(=O)N3CCCC(C)C3)c12. The van der Waals surface area contributed by atoms with Gasteiger partial charge in [0.15, 0.2) is 0 Å². The van der Waals surface area contributed by atoms with E-state index in [1.165, 1.54) is 6.42 Å². The van der Waals surface area contributed by atoms with Gasteiger partial charge >= 0.3 is 0 Å². The average molecular weight is 299 g/mol. The molecule has 2 aromatic heterocycles. The van der Waals surface area contributed by atoms with Crippen molar-refractivity contribution in [2.75, 3.05) is 13.1 Å². The molecule has 22 heavy (non-hydrogen) atoms. The van der Waals surface area contributed by atoms with Gasteiger partial charge in [-0.05, 0) is 44.6 Å². The van der Waals surface area contributed by atoms with Crippen LogP contribution in [0.15, 0.2) is 10.6 Å². The number of hydrogen-bond donors (Lipinski definition) is 0. The second-order valence-corrected chi connectivity index (χ2v) is 6.82. The summed E-state index contributed by atoms with van der Waals surface area (Å²) in [7, 11) is 0. The third kappa shape index (κ3) is 2.28. The third-order valence-electron chi connectivity index (χ3n) is 4.81. The normalized spacial score (nSPS) is 22.3. The van der Waals surface area contributed by atoms with Gasteiger partial charge in [-0.25, -0.2) is 4.98 Å². The van der Waals surface area contributed by atoms with Gasteiger partial charge in [-0.2, -0.15) is 0 Å². The van der Waals surface area contributed by atoms with Crippen LogP contribution in [0, 0.1) is 12.8 Å². The molecule has 0 aromatic carbocycles. The van der Waals surface area contributed by atoms with E-state index in [0.29, 0.717) is 17.5 Å². The van der Waals surface area contributed by atoms with Crippen molar-refractivity contribution in [2.45, 2.75) is 45.4 Å². The predicted molar refractivity (Wildman–Crippen MR) is 82.8 cm³/mol. The summed E-state index contributed by atoms with van der Waals surface area (Å²) in [5.41, 5.74) is 2.96. The molecule has 1 saturated carbocycles. The number of nitrogens with zero attached hydrogens (tertiary/aromatic N) is 3. The van der Waals surface area contributed by atoms with E-state index in [4.69, 9.17) is 4.52 Å². The number of aromatic nitrogens is 2. The van der Waals surface area contributed by atoms with E-state index in [1.54, 1.807) is 0 Å². The molecule has 1 amide bonds. The molecule has 5 heteroatoms. The van der Waals surface area contributed by atoms with Gasteiger partial charge in [0.05, 0.1) is 16.6 Å². The molecule has 1 saturated heterocycles. The molecular formula is C17H21N3O2. The Morgan fingerprint density at radius 3 is 2.91 bits per heavy atom. The first-order chi connectivity index (χ1) is 10.6. The molecule has 1 aliphatic heterocycles. The first-order valence-corrected chi connectivity index (χ1v) is 8.19. The van der Waals surface area contributed by atoms with Crippen LogP contribution in [-0.4, -0.2) is 34.0 Å². The van der Waals surface area contributed by atoms with Crippen LogP contribution in [0.2, 0.25) is 0 Å². The van der Waals surface area contributed by atoms with Crippen molar-refractivity contribution in [3.8, 4) is 0 Å². The van der Waals surface area contributed by atoms with Gasteiger partial charge < -0.3 is 9.42 Å². The summed E-state index contributed by atoms with van der Waals surface area (Å²) in [5.74, 6) is 1.16. The van der Waals surface area contributed by atoms with Crippen LogP contribution in [0.4, 0.5) is 0 Å². The minimum absolute atomic E-state index is 0.104. The number of piperidine rings is 1. The maximum Gasteiger partial charge on any atom is 0.259 e. The Labute approximate surface area is 129 Å². The van der Waals surface area contributed by atoms with Crippen molar-refractivity contribution in [3.63, 3.8) is 0 Å². The first kappa shape index (κ1) is 13.7. The van der Waals surface area contributed by atoms with Gasteiger partial charge in [-0.15, -0.1) is 0 Å². The third-order valence-corrected chi connectivity index (χ3v) is 4.81. The molecule has 5 nitrogen and oxygen atoms in total. The van der Waals surface area contributed by atoms with Crippen LogP contribution < -0.4 is 0 Å². The summed E-state index contributed by atoms with van der Waals surface area (Å²) in [6, 6.07) is 1.98. The van der Waals surface area contributed by atoms with E-state index < -0.39 is 0 Å². The first-order valence-electron chi connectivity index (χ1n) is 8.19. The fraction of sp³-hybridized carbons (Fsp3) is 0.588. The number of fused-ring (bicyclic) bond motifs is 1. The highest BCUT2D eigenvalue weighted by Crippen LogP contribution is 2.40. The monoisotopic (exact) mass is 299 g/mol. The summed E-state index contributed by atoms with van der Waals surface area (Å²) < 4.78 is 5.33. The van der Waals surface area contributed by atoms with Crippen LogP contribution in [0.5, 0.6) is 0 Å². The number of carbonyl (C=O) groups is 1. The Morgan fingerprint density at radius 2 is 2.18 bits per heavy atom. The van der Waals surface area contributed by atoms with Gasteiger partial charge in [-0.3, -0.25) is 4.79 Å². The number of carbonyl (C=O) groups excluding carboxylic acids is 1. The molecule has 4 rings (SSSR count). The highest BCUT2D eigenvalue weighted by Gasteiger charge is 2.30. The Balaban J connectivity index is 1.78. The van der Waals surface area contributed by atoms with Crippen molar-refractivity contribution in [3.05, 3.63) is 23.0 Å². The van der Waals surface area contributed by atoms with E-state index in [0.717, 1.165) is 54.7 Å². The van der Waals surface area contributed by atoms with Crippen LogP contribution >= 0.6 is 0 Å². The number of hydrogen-bond acceptors (Lipinski definition) is 4. The minimum Gasteiger partial charge on any atom is -0.338 e. The largest absolute Gasteiger partial charge is 0.338 e. The van der Waals surface area contributed by atoms with Crippen molar-refractivity contribution < 1.29 is 9.32 Å². The van der Waals surface area contributed by atoms with Crippen molar-refractivity contribution in [2.24, 2.45) is 5.92 Å². The lowest BCUT2D eigenvalue weighted by Crippen LogP contribution is -2.39. The molecule has 1 aliphatic carbocycles. The number of amides is 1. The van der Waals surface area contributed by atoms with E-state index in [2.05, 4.69) is 17.1 Å². The number of aryl methyl sites for hydroxylation is 1. The molecular weight excluding hydrogens is 278 g/mol. The zero-order chi connectivity index (χ0) is 15.3. The second kappa shape index (κ2) is 5.07. The van der Waals surface area contributed by atoms with Crippen molar-refractivity contribution in [1.29, 1.82) is 0 Å². The standard InChI is InChI=1S/C17H21N3O2/c1-10-4-3-7-20(9-10)17(21)13-8-14(12-5-6-12)18-16-15(13)11(2)19-22-16/h8,10,12H,3-7,9H2,1-2H3. The quantitative estimate of drug-likeness (QED) is 0.854. The molecule has 0 bridgehead atoms. The van der Waals surface area contributed by atoms with Crippen molar-refractivity contribution in [1.82, 2.24) is 15.0 Å².